The first kappa shape index (κ1) is 24.8. The van der Waals surface area contributed by atoms with Gasteiger partial charge in [-0.1, -0.05) is 27.7 Å². The number of hydrogen-bond donors (Lipinski definition) is 0. The highest BCUT2D eigenvalue weighted by Gasteiger charge is 2.45. The van der Waals surface area contributed by atoms with Crippen LogP contribution in [-0.4, -0.2) is 30.0 Å². The summed E-state index contributed by atoms with van der Waals surface area (Å²) in [6.07, 6.45) is 4.90. The van der Waals surface area contributed by atoms with E-state index in [1.807, 2.05) is 24.3 Å². The van der Waals surface area contributed by atoms with Crippen molar-refractivity contribution in [3.8, 4) is 0 Å². The largest absolute Gasteiger partial charge is 0.366 e. The fourth-order valence-corrected chi connectivity index (χ4v) is 5.92. The second-order valence-electron chi connectivity index (χ2n) is 12.8. The van der Waals surface area contributed by atoms with Crippen LogP contribution < -0.4 is 9.80 Å². The topological polar surface area (TPSA) is 23.6 Å². The van der Waals surface area contributed by atoms with Gasteiger partial charge < -0.3 is 9.80 Å². The molecule has 4 rings (SSSR count). The molecule has 2 aromatic rings. The van der Waals surface area contributed by atoms with Crippen LogP contribution in [0.25, 0.3) is 0 Å². The number of nitrogens with zero attached hydrogens (tertiary/aromatic N) is 2. The Morgan fingerprint density at radius 1 is 0.588 bits per heavy atom. The molecule has 2 fully saturated rings. The molecule has 34 heavy (non-hydrogen) atoms. The lowest BCUT2D eigenvalue weighted by molar-refractivity contribution is 0.103. The maximum absolute atomic E-state index is 13.3. The normalized spacial score (nSPS) is 22.9. The summed E-state index contributed by atoms with van der Waals surface area (Å²) in [6, 6.07) is 16.5. The third kappa shape index (κ3) is 4.06. The zero-order valence-corrected chi connectivity index (χ0v) is 22.7. The number of benzene rings is 2. The predicted octanol–water partition coefficient (Wildman–Crippen LogP) is 7.73. The van der Waals surface area contributed by atoms with E-state index < -0.39 is 0 Å². The number of carbonyl (C=O) groups excluding carboxylic acids is 1. The van der Waals surface area contributed by atoms with Gasteiger partial charge >= 0.3 is 0 Å². The molecule has 0 aliphatic carbocycles. The number of rotatable bonds is 4. The number of anilines is 2. The van der Waals surface area contributed by atoms with Crippen LogP contribution in [0.1, 0.15) is 97.0 Å². The van der Waals surface area contributed by atoms with Gasteiger partial charge in [-0.05, 0) is 113 Å². The van der Waals surface area contributed by atoms with Crippen molar-refractivity contribution in [2.75, 3.05) is 22.9 Å². The molecule has 2 saturated heterocycles. The molecule has 0 bridgehead atoms. The zero-order chi connectivity index (χ0) is 24.9. The van der Waals surface area contributed by atoms with Crippen molar-refractivity contribution in [2.24, 2.45) is 10.8 Å². The van der Waals surface area contributed by atoms with Crippen molar-refractivity contribution in [2.45, 2.75) is 92.2 Å². The van der Waals surface area contributed by atoms with Crippen molar-refractivity contribution in [1.82, 2.24) is 0 Å². The van der Waals surface area contributed by atoms with Crippen LogP contribution in [0.15, 0.2) is 48.5 Å². The minimum atomic E-state index is 0.0728. The van der Waals surface area contributed by atoms with Crippen molar-refractivity contribution in [3.63, 3.8) is 0 Å². The van der Waals surface area contributed by atoms with Gasteiger partial charge in [-0.25, -0.2) is 0 Å². The van der Waals surface area contributed by atoms with Gasteiger partial charge in [-0.15, -0.1) is 0 Å². The van der Waals surface area contributed by atoms with Crippen molar-refractivity contribution >= 4 is 17.2 Å². The Morgan fingerprint density at radius 3 is 1.24 bits per heavy atom. The molecular weight excluding hydrogens is 416 g/mol. The highest BCUT2D eigenvalue weighted by Crippen LogP contribution is 2.46. The van der Waals surface area contributed by atoms with Crippen LogP contribution in [0.3, 0.4) is 0 Å². The van der Waals surface area contributed by atoms with E-state index in [0.29, 0.717) is 0 Å². The Balaban J connectivity index is 1.52. The molecule has 0 radical (unpaired) electrons. The molecule has 0 saturated carbocycles. The van der Waals surface area contributed by atoms with Gasteiger partial charge in [0.05, 0.1) is 0 Å². The van der Waals surface area contributed by atoms with Crippen LogP contribution in [0.5, 0.6) is 0 Å². The van der Waals surface area contributed by atoms with Crippen molar-refractivity contribution < 1.29 is 4.79 Å². The molecule has 2 aromatic carbocycles. The van der Waals surface area contributed by atoms with E-state index in [9.17, 15) is 4.79 Å². The van der Waals surface area contributed by atoms with E-state index >= 15 is 0 Å². The van der Waals surface area contributed by atoms with E-state index in [-0.39, 0.29) is 27.7 Å². The molecule has 184 valence electrons. The lowest BCUT2D eigenvalue weighted by atomic mass is 9.67. The van der Waals surface area contributed by atoms with Gasteiger partial charge in [0.2, 0.25) is 0 Å². The SMILES string of the molecule is CC1(C)CCCN(c2ccc(C(=O)c3ccc(N4CCCC(C)(C)C4(C)C)cc3)cc2)C1(C)C. The maximum atomic E-state index is 13.3. The molecular formula is C31H44N2O. The quantitative estimate of drug-likeness (QED) is 0.436. The van der Waals surface area contributed by atoms with Gasteiger partial charge in [0.15, 0.2) is 5.78 Å². The highest BCUT2D eigenvalue weighted by atomic mass is 16.1. The molecule has 2 heterocycles. The predicted molar refractivity (Wildman–Crippen MR) is 145 cm³/mol. The van der Waals surface area contributed by atoms with E-state index in [4.69, 9.17) is 0 Å². The van der Waals surface area contributed by atoms with Gasteiger partial charge in [-0.3, -0.25) is 4.79 Å². The summed E-state index contributed by atoms with van der Waals surface area (Å²) in [5, 5.41) is 0. The Hall–Kier alpha value is -2.29. The van der Waals surface area contributed by atoms with Crippen LogP contribution in [0, 0.1) is 10.8 Å². The summed E-state index contributed by atoms with van der Waals surface area (Å²) in [5.41, 5.74) is 4.57. The third-order valence-corrected chi connectivity index (χ3v) is 9.91. The van der Waals surface area contributed by atoms with Crippen LogP contribution in [-0.2, 0) is 0 Å². The summed E-state index contributed by atoms with van der Waals surface area (Å²) in [5.74, 6) is 0.0922. The Bertz CT molecular complexity index is 945. The highest BCUT2D eigenvalue weighted by molar-refractivity contribution is 6.09. The molecule has 0 amide bonds. The number of carbonyl (C=O) groups is 1. The molecule has 0 spiro atoms. The van der Waals surface area contributed by atoms with Crippen molar-refractivity contribution in [3.05, 3.63) is 59.7 Å². The first-order valence-electron chi connectivity index (χ1n) is 13.1. The number of hydrogen-bond acceptors (Lipinski definition) is 3. The van der Waals surface area contributed by atoms with Crippen LogP contribution >= 0.6 is 0 Å². The summed E-state index contributed by atoms with van der Waals surface area (Å²) >= 11 is 0. The van der Waals surface area contributed by atoms with Gasteiger partial charge in [-0.2, -0.15) is 0 Å². The Labute approximate surface area is 207 Å². The average Bonchev–Trinajstić information content (AvgIpc) is 2.77. The molecule has 0 N–H and O–H groups in total. The summed E-state index contributed by atoms with van der Waals surface area (Å²) in [7, 11) is 0. The van der Waals surface area contributed by atoms with Crippen LogP contribution in [0.4, 0.5) is 11.4 Å². The average molecular weight is 461 g/mol. The Kier molecular flexibility index (Phi) is 6.15. The standard InChI is InChI=1S/C31H44N2O/c1-28(2)19-9-21-32(30(28,5)6)25-15-11-23(12-16-25)27(34)24-13-17-26(18-14-24)33-22-10-20-29(3,4)31(33,7)8/h11-18H,9-10,19-22H2,1-8H3. The second-order valence-corrected chi connectivity index (χ2v) is 12.8. The summed E-state index contributed by atoms with van der Waals surface area (Å²) in [4.78, 5) is 18.3. The third-order valence-electron chi connectivity index (χ3n) is 9.91. The molecule has 3 heteroatoms. The second kappa shape index (κ2) is 8.43. The number of ketones is 1. The smallest absolute Gasteiger partial charge is 0.193 e. The first-order chi connectivity index (χ1) is 15.8. The molecule has 0 aromatic heterocycles. The number of piperidine rings is 2. The molecule has 2 aliphatic rings. The van der Waals surface area contributed by atoms with Gasteiger partial charge in [0, 0.05) is 46.7 Å². The molecule has 2 aliphatic heterocycles. The van der Waals surface area contributed by atoms with E-state index in [2.05, 4.69) is 89.5 Å². The lowest BCUT2D eigenvalue weighted by Crippen LogP contribution is -2.57. The van der Waals surface area contributed by atoms with Gasteiger partial charge in [0.1, 0.15) is 0 Å². The van der Waals surface area contributed by atoms with Gasteiger partial charge in [0.25, 0.3) is 0 Å². The summed E-state index contributed by atoms with van der Waals surface area (Å²) in [6.45, 7) is 21.0. The van der Waals surface area contributed by atoms with Crippen molar-refractivity contribution in [1.29, 1.82) is 0 Å². The lowest BCUT2D eigenvalue weighted by Gasteiger charge is -2.54. The molecule has 0 atom stereocenters. The monoisotopic (exact) mass is 460 g/mol. The molecule has 3 nitrogen and oxygen atoms in total. The van der Waals surface area contributed by atoms with E-state index in [0.717, 1.165) is 24.2 Å². The Morgan fingerprint density at radius 2 is 0.912 bits per heavy atom. The van der Waals surface area contributed by atoms with Crippen LogP contribution in [0.2, 0.25) is 0 Å². The fraction of sp³-hybridized carbons (Fsp3) is 0.581. The minimum Gasteiger partial charge on any atom is -0.366 e. The first-order valence-corrected chi connectivity index (χ1v) is 13.1. The molecule has 0 unspecified atom stereocenters. The zero-order valence-electron chi connectivity index (χ0n) is 22.7. The van der Waals surface area contributed by atoms with E-state index in [1.165, 1.54) is 37.1 Å². The maximum Gasteiger partial charge on any atom is 0.193 e. The fourth-order valence-electron chi connectivity index (χ4n) is 5.92. The minimum absolute atomic E-state index is 0.0728. The summed E-state index contributed by atoms with van der Waals surface area (Å²) < 4.78 is 0. The van der Waals surface area contributed by atoms with E-state index in [1.54, 1.807) is 0 Å².